The first kappa shape index (κ1) is 11.8. The van der Waals surface area contributed by atoms with Crippen LogP contribution in [0.25, 0.3) is 0 Å². The van der Waals surface area contributed by atoms with E-state index < -0.39 is 5.82 Å². The molecule has 1 aromatic rings. The van der Waals surface area contributed by atoms with Crippen LogP contribution in [-0.4, -0.2) is 5.78 Å². The van der Waals surface area contributed by atoms with Gasteiger partial charge in [0.2, 0.25) is 0 Å². The molecule has 0 aliphatic heterocycles. The summed E-state index contributed by atoms with van der Waals surface area (Å²) in [4.78, 5) is 11.9. The molecule has 0 atom stereocenters. The van der Waals surface area contributed by atoms with Crippen LogP contribution in [0.1, 0.15) is 42.5 Å². The van der Waals surface area contributed by atoms with E-state index in [9.17, 15) is 9.18 Å². The lowest BCUT2D eigenvalue weighted by atomic mass is 9.97. The van der Waals surface area contributed by atoms with Crippen LogP contribution < -0.4 is 0 Å². The molecule has 1 saturated carbocycles. The molecule has 1 aromatic carbocycles. The van der Waals surface area contributed by atoms with Gasteiger partial charge in [0.1, 0.15) is 5.82 Å². The Morgan fingerprint density at radius 2 is 2.06 bits per heavy atom. The zero-order chi connectivity index (χ0) is 11.5. The first-order valence-electron chi connectivity index (χ1n) is 5.65. The van der Waals surface area contributed by atoms with E-state index in [1.54, 1.807) is 12.1 Å². The summed E-state index contributed by atoms with van der Waals surface area (Å²) >= 11 is 3.18. The highest BCUT2D eigenvalue weighted by Gasteiger charge is 2.20. The molecule has 0 amide bonds. The highest BCUT2D eigenvalue weighted by Crippen LogP contribution is 2.29. The Morgan fingerprint density at radius 3 is 2.69 bits per heavy atom. The Hall–Kier alpha value is -0.700. The second kappa shape index (κ2) is 5.09. The molecule has 1 nitrogen and oxygen atoms in total. The lowest BCUT2D eigenvalue weighted by molar-refractivity contribution is 0.0958. The Morgan fingerprint density at radius 1 is 1.38 bits per heavy atom. The molecule has 0 bridgehead atoms. The third kappa shape index (κ3) is 2.70. The van der Waals surface area contributed by atoms with Crippen LogP contribution in [0.15, 0.2) is 22.7 Å². The van der Waals surface area contributed by atoms with Crippen molar-refractivity contribution in [3.8, 4) is 0 Å². The molecule has 0 heterocycles. The van der Waals surface area contributed by atoms with E-state index in [-0.39, 0.29) is 11.3 Å². The van der Waals surface area contributed by atoms with Gasteiger partial charge in [0.15, 0.2) is 5.78 Å². The fraction of sp³-hybridized carbons (Fsp3) is 0.462. The summed E-state index contributed by atoms with van der Waals surface area (Å²) in [5.41, 5.74) is 0.232. The third-order valence-electron chi connectivity index (χ3n) is 3.18. The fourth-order valence-electron chi connectivity index (χ4n) is 2.30. The number of ketones is 1. The average molecular weight is 285 g/mol. The Balaban J connectivity index is 2.08. The van der Waals surface area contributed by atoms with Gasteiger partial charge in [-0.2, -0.15) is 0 Å². The minimum absolute atomic E-state index is 0.0584. The highest BCUT2D eigenvalue weighted by atomic mass is 79.9. The van der Waals surface area contributed by atoms with Gasteiger partial charge in [0, 0.05) is 10.9 Å². The summed E-state index contributed by atoms with van der Waals surface area (Å²) in [6.45, 7) is 0. The summed E-state index contributed by atoms with van der Waals surface area (Å²) in [7, 11) is 0. The van der Waals surface area contributed by atoms with E-state index >= 15 is 0 Å². The maximum Gasteiger partial charge on any atom is 0.166 e. The molecule has 2 rings (SSSR count). The number of carbonyl (C=O) groups excluding carboxylic acids is 1. The smallest absolute Gasteiger partial charge is 0.166 e. The van der Waals surface area contributed by atoms with Gasteiger partial charge in [-0.25, -0.2) is 4.39 Å². The first-order valence-corrected chi connectivity index (χ1v) is 6.44. The van der Waals surface area contributed by atoms with Crippen LogP contribution in [0.5, 0.6) is 0 Å². The van der Waals surface area contributed by atoms with Crippen molar-refractivity contribution >= 4 is 21.7 Å². The Labute approximate surface area is 103 Å². The minimum atomic E-state index is -0.419. The van der Waals surface area contributed by atoms with Gasteiger partial charge < -0.3 is 0 Å². The van der Waals surface area contributed by atoms with E-state index in [1.165, 1.54) is 18.9 Å². The molecule has 86 valence electrons. The number of benzene rings is 1. The predicted octanol–water partition coefficient (Wildman–Crippen LogP) is 4.35. The van der Waals surface area contributed by atoms with Crippen LogP contribution in [0, 0.1) is 11.7 Å². The zero-order valence-electron chi connectivity index (χ0n) is 9.01. The van der Waals surface area contributed by atoms with Crippen molar-refractivity contribution in [3.63, 3.8) is 0 Å². The van der Waals surface area contributed by atoms with Gasteiger partial charge in [-0.05, 0) is 24.1 Å². The van der Waals surface area contributed by atoms with Crippen LogP contribution in [0.4, 0.5) is 4.39 Å². The monoisotopic (exact) mass is 284 g/mol. The van der Waals surface area contributed by atoms with E-state index in [1.807, 2.05) is 0 Å². The predicted molar refractivity (Wildman–Crippen MR) is 65.0 cm³/mol. The fourth-order valence-corrected chi connectivity index (χ4v) is 2.64. The molecule has 0 radical (unpaired) electrons. The maximum absolute atomic E-state index is 13.5. The summed E-state index contributed by atoms with van der Waals surface area (Å²) in [6, 6.07) is 4.63. The quantitative estimate of drug-likeness (QED) is 0.754. The summed E-state index contributed by atoms with van der Waals surface area (Å²) in [6.07, 6.45) is 5.15. The largest absolute Gasteiger partial charge is 0.294 e. The topological polar surface area (TPSA) is 17.1 Å². The lowest BCUT2D eigenvalue weighted by Crippen LogP contribution is -2.07. The van der Waals surface area contributed by atoms with Crippen molar-refractivity contribution in [2.24, 2.45) is 5.92 Å². The summed E-state index contributed by atoms with van der Waals surface area (Å²) < 4.78 is 14.2. The number of hydrogen-bond acceptors (Lipinski definition) is 1. The van der Waals surface area contributed by atoms with E-state index in [4.69, 9.17) is 0 Å². The van der Waals surface area contributed by atoms with Crippen molar-refractivity contribution in [1.29, 1.82) is 0 Å². The maximum atomic E-state index is 13.5. The van der Waals surface area contributed by atoms with Gasteiger partial charge in [-0.3, -0.25) is 4.79 Å². The lowest BCUT2D eigenvalue weighted by Gasteiger charge is -2.08. The molecule has 0 unspecified atom stereocenters. The molecule has 0 spiro atoms. The molecule has 3 heteroatoms. The molecule has 1 aliphatic rings. The number of carbonyl (C=O) groups is 1. The van der Waals surface area contributed by atoms with Crippen LogP contribution >= 0.6 is 15.9 Å². The molecular weight excluding hydrogens is 271 g/mol. The molecule has 0 aromatic heterocycles. The number of rotatable bonds is 3. The summed E-state index contributed by atoms with van der Waals surface area (Å²) in [5.74, 6) is -0.00943. The third-order valence-corrected chi connectivity index (χ3v) is 3.67. The van der Waals surface area contributed by atoms with Gasteiger partial charge in [-0.15, -0.1) is 0 Å². The molecule has 0 N–H and O–H groups in total. The average Bonchev–Trinajstić information content (AvgIpc) is 2.70. The van der Waals surface area contributed by atoms with Gasteiger partial charge >= 0.3 is 0 Å². The van der Waals surface area contributed by atoms with E-state index in [0.29, 0.717) is 16.8 Å². The highest BCUT2D eigenvalue weighted by molar-refractivity contribution is 9.10. The number of halogens is 2. The van der Waals surface area contributed by atoms with E-state index in [2.05, 4.69) is 15.9 Å². The van der Waals surface area contributed by atoms with Gasteiger partial charge in [0.05, 0.1) is 5.56 Å². The molecular formula is C13H14BrFO. The molecule has 1 fully saturated rings. The second-order valence-electron chi connectivity index (χ2n) is 4.40. The van der Waals surface area contributed by atoms with Crippen molar-refractivity contribution < 1.29 is 9.18 Å². The minimum Gasteiger partial charge on any atom is -0.294 e. The first-order chi connectivity index (χ1) is 7.66. The van der Waals surface area contributed by atoms with Gasteiger partial charge in [0.25, 0.3) is 0 Å². The van der Waals surface area contributed by atoms with Crippen molar-refractivity contribution in [1.82, 2.24) is 0 Å². The van der Waals surface area contributed by atoms with Crippen LogP contribution in [0.2, 0.25) is 0 Å². The summed E-state index contributed by atoms with van der Waals surface area (Å²) in [5, 5.41) is 0. The number of Topliss-reactive ketones (excluding diaryl/α,β-unsaturated/α-hetero) is 1. The molecule has 1 aliphatic carbocycles. The Bertz CT molecular complexity index is 397. The van der Waals surface area contributed by atoms with Crippen LogP contribution in [-0.2, 0) is 0 Å². The SMILES string of the molecule is O=C(CC1CCCC1)c1ccc(Br)cc1F. The van der Waals surface area contributed by atoms with Crippen molar-refractivity contribution in [2.75, 3.05) is 0 Å². The standard InChI is InChI=1S/C13H14BrFO/c14-10-5-6-11(12(15)8-10)13(16)7-9-3-1-2-4-9/h5-6,8-9H,1-4,7H2. The Kier molecular flexibility index (Phi) is 3.74. The van der Waals surface area contributed by atoms with E-state index in [0.717, 1.165) is 12.8 Å². The zero-order valence-corrected chi connectivity index (χ0v) is 10.6. The molecule has 16 heavy (non-hydrogen) atoms. The van der Waals surface area contributed by atoms with Crippen LogP contribution in [0.3, 0.4) is 0 Å². The van der Waals surface area contributed by atoms with Crippen molar-refractivity contribution in [2.45, 2.75) is 32.1 Å². The normalized spacial score (nSPS) is 16.6. The second-order valence-corrected chi connectivity index (χ2v) is 5.32. The molecule has 0 saturated heterocycles. The number of hydrogen-bond donors (Lipinski definition) is 0. The van der Waals surface area contributed by atoms with Crippen molar-refractivity contribution in [3.05, 3.63) is 34.1 Å². The van der Waals surface area contributed by atoms with Gasteiger partial charge in [-0.1, -0.05) is 41.6 Å².